The van der Waals surface area contributed by atoms with Crippen molar-refractivity contribution in [1.29, 1.82) is 0 Å². The van der Waals surface area contributed by atoms with E-state index in [0.29, 0.717) is 16.9 Å². The van der Waals surface area contributed by atoms with E-state index in [0.717, 1.165) is 11.1 Å². The molecule has 2 heterocycles. The van der Waals surface area contributed by atoms with E-state index in [1.807, 2.05) is 5.43 Å². The lowest BCUT2D eigenvalue weighted by atomic mass is 10.3. The SMILES string of the molecule is O=[N+]([O-])NC(=NCc1ccc(Cl)nc1)NCc1ccc(Cl)nc1. The number of nitrogens with zero attached hydrogens (tertiary/aromatic N) is 4. The molecule has 2 aromatic rings. The average molecular weight is 355 g/mol. The van der Waals surface area contributed by atoms with Crippen molar-refractivity contribution in [2.75, 3.05) is 0 Å². The van der Waals surface area contributed by atoms with Gasteiger partial charge in [-0.1, -0.05) is 40.8 Å². The molecule has 0 atom stereocenters. The fraction of sp³-hybridized carbons (Fsp3) is 0.154. The highest BCUT2D eigenvalue weighted by molar-refractivity contribution is 6.29. The summed E-state index contributed by atoms with van der Waals surface area (Å²) in [6.45, 7) is 0.523. The lowest BCUT2D eigenvalue weighted by Crippen LogP contribution is -2.40. The summed E-state index contributed by atoms with van der Waals surface area (Å²) in [5.41, 5.74) is 3.59. The number of nitrogens with one attached hydrogen (secondary N) is 2. The highest BCUT2D eigenvalue weighted by atomic mass is 35.5. The molecule has 0 aliphatic rings. The standard InChI is InChI=1S/C13H12Cl2N6O2/c14-11-3-1-9(5-16-11)7-18-13(20-21(22)23)19-8-10-2-4-12(15)17-6-10/h1-6H,7-8H2,(H2,18,19,20). The molecule has 2 aromatic heterocycles. The van der Waals surface area contributed by atoms with Crippen LogP contribution in [0.1, 0.15) is 11.1 Å². The fourth-order valence-corrected chi connectivity index (χ4v) is 1.81. The topological polar surface area (TPSA) is 105 Å². The Morgan fingerprint density at radius 2 is 1.74 bits per heavy atom. The highest BCUT2D eigenvalue weighted by Gasteiger charge is 2.06. The van der Waals surface area contributed by atoms with Gasteiger partial charge in [0.25, 0.3) is 5.96 Å². The zero-order valence-electron chi connectivity index (χ0n) is 11.7. The second-order valence-corrected chi connectivity index (χ2v) is 5.14. The van der Waals surface area contributed by atoms with E-state index in [1.165, 1.54) is 0 Å². The lowest BCUT2D eigenvalue weighted by Gasteiger charge is -2.07. The number of aromatic nitrogens is 2. The molecule has 0 unspecified atom stereocenters. The first-order valence-corrected chi connectivity index (χ1v) is 7.19. The molecule has 0 saturated heterocycles. The van der Waals surface area contributed by atoms with E-state index in [1.54, 1.807) is 36.7 Å². The van der Waals surface area contributed by atoms with Crippen molar-refractivity contribution in [3.8, 4) is 0 Å². The van der Waals surface area contributed by atoms with Crippen LogP contribution in [0.5, 0.6) is 0 Å². The van der Waals surface area contributed by atoms with Crippen molar-refractivity contribution < 1.29 is 5.03 Å². The lowest BCUT2D eigenvalue weighted by molar-refractivity contribution is -0.525. The first-order valence-electron chi connectivity index (χ1n) is 6.43. The second-order valence-electron chi connectivity index (χ2n) is 4.37. The van der Waals surface area contributed by atoms with Gasteiger partial charge >= 0.3 is 0 Å². The van der Waals surface area contributed by atoms with Crippen LogP contribution in [-0.2, 0) is 13.1 Å². The van der Waals surface area contributed by atoms with E-state index in [-0.39, 0.29) is 12.5 Å². The number of aliphatic imine (C=N–C) groups is 1. The summed E-state index contributed by atoms with van der Waals surface area (Å²) in [6.07, 6.45) is 3.13. The number of pyridine rings is 2. The average Bonchev–Trinajstić information content (AvgIpc) is 2.52. The number of rotatable bonds is 5. The quantitative estimate of drug-likeness (QED) is 0.280. The first kappa shape index (κ1) is 16.9. The van der Waals surface area contributed by atoms with Crippen LogP contribution >= 0.6 is 23.2 Å². The summed E-state index contributed by atoms with van der Waals surface area (Å²) in [4.78, 5) is 22.6. The summed E-state index contributed by atoms with van der Waals surface area (Å²) in [5.74, 6) is 0.0277. The van der Waals surface area contributed by atoms with Crippen LogP contribution < -0.4 is 10.7 Å². The van der Waals surface area contributed by atoms with Gasteiger partial charge in [0.2, 0.25) is 0 Å². The Morgan fingerprint density at radius 3 is 2.26 bits per heavy atom. The zero-order valence-corrected chi connectivity index (χ0v) is 13.3. The van der Waals surface area contributed by atoms with Crippen LogP contribution in [0, 0.1) is 10.1 Å². The van der Waals surface area contributed by atoms with Gasteiger partial charge in [0.1, 0.15) is 10.3 Å². The largest absolute Gasteiger partial charge is 0.348 e. The van der Waals surface area contributed by atoms with E-state index < -0.39 is 5.03 Å². The van der Waals surface area contributed by atoms with Crippen molar-refractivity contribution in [2.45, 2.75) is 13.1 Å². The number of halogens is 2. The number of hydrogen-bond donors (Lipinski definition) is 2. The molecule has 10 heteroatoms. The molecule has 0 amide bonds. The first-order chi connectivity index (χ1) is 11.0. The smallest absolute Gasteiger partial charge is 0.254 e. The van der Waals surface area contributed by atoms with Gasteiger partial charge in [0, 0.05) is 18.9 Å². The van der Waals surface area contributed by atoms with Gasteiger partial charge in [0.05, 0.1) is 6.54 Å². The summed E-state index contributed by atoms with van der Waals surface area (Å²) >= 11 is 11.4. The van der Waals surface area contributed by atoms with Gasteiger partial charge in [-0.3, -0.25) is 0 Å². The van der Waals surface area contributed by atoms with Gasteiger partial charge in [-0.05, 0) is 23.3 Å². The predicted molar refractivity (Wildman–Crippen MR) is 86.6 cm³/mol. The molecule has 8 nitrogen and oxygen atoms in total. The van der Waals surface area contributed by atoms with Crippen LogP contribution in [0.4, 0.5) is 0 Å². The van der Waals surface area contributed by atoms with Crippen molar-refractivity contribution in [1.82, 2.24) is 20.7 Å². The van der Waals surface area contributed by atoms with Crippen LogP contribution in [-0.4, -0.2) is 21.0 Å². The van der Waals surface area contributed by atoms with Crippen molar-refractivity contribution in [2.24, 2.45) is 4.99 Å². The maximum atomic E-state index is 10.6. The minimum Gasteiger partial charge on any atom is -0.348 e. The normalized spacial score (nSPS) is 11.1. The summed E-state index contributed by atoms with van der Waals surface area (Å²) in [6, 6.07) is 6.76. The van der Waals surface area contributed by atoms with E-state index in [2.05, 4.69) is 20.3 Å². The van der Waals surface area contributed by atoms with Gasteiger partial charge in [-0.25, -0.2) is 25.1 Å². The number of hydrogen-bond acceptors (Lipinski definition) is 5. The minimum absolute atomic E-state index is 0.0277. The Balaban J connectivity index is 2.00. The minimum atomic E-state index is -0.688. The monoisotopic (exact) mass is 354 g/mol. The molecule has 0 radical (unpaired) electrons. The van der Waals surface area contributed by atoms with E-state index in [9.17, 15) is 10.1 Å². The van der Waals surface area contributed by atoms with E-state index in [4.69, 9.17) is 23.2 Å². The Labute approximate surface area is 141 Å². The predicted octanol–water partition coefficient (Wildman–Crippen LogP) is 2.21. The Morgan fingerprint density at radius 1 is 1.13 bits per heavy atom. The molecule has 0 spiro atoms. The van der Waals surface area contributed by atoms with Gasteiger partial charge < -0.3 is 5.32 Å². The summed E-state index contributed by atoms with van der Waals surface area (Å²) in [5, 5.41) is 13.5. The van der Waals surface area contributed by atoms with Crippen LogP contribution in [0.2, 0.25) is 10.3 Å². The number of guanidine groups is 1. The van der Waals surface area contributed by atoms with Gasteiger partial charge in [-0.15, -0.1) is 0 Å². The molecule has 2 rings (SSSR count). The van der Waals surface area contributed by atoms with Crippen molar-refractivity contribution >= 4 is 29.2 Å². The molecule has 0 aliphatic heterocycles. The maximum absolute atomic E-state index is 10.6. The van der Waals surface area contributed by atoms with Crippen molar-refractivity contribution in [3.63, 3.8) is 0 Å². The number of nitro groups is 1. The molecule has 2 N–H and O–H groups in total. The highest BCUT2D eigenvalue weighted by Crippen LogP contribution is 2.07. The molecular formula is C13H12Cl2N6O2. The molecule has 0 fully saturated rings. The third kappa shape index (κ3) is 6.05. The molecule has 0 bridgehead atoms. The van der Waals surface area contributed by atoms with E-state index >= 15 is 0 Å². The number of hydrazine groups is 1. The molecule has 0 aromatic carbocycles. The van der Waals surface area contributed by atoms with Gasteiger partial charge in [0.15, 0.2) is 5.03 Å². The molecular weight excluding hydrogens is 343 g/mol. The van der Waals surface area contributed by atoms with Crippen LogP contribution in [0.3, 0.4) is 0 Å². The molecule has 120 valence electrons. The van der Waals surface area contributed by atoms with Gasteiger partial charge in [-0.2, -0.15) is 0 Å². The molecule has 0 aliphatic carbocycles. The summed E-state index contributed by atoms with van der Waals surface area (Å²) < 4.78 is 0. The Hall–Kier alpha value is -2.45. The third-order valence-electron chi connectivity index (χ3n) is 2.65. The summed E-state index contributed by atoms with van der Waals surface area (Å²) in [7, 11) is 0. The van der Waals surface area contributed by atoms with Crippen LogP contribution in [0.25, 0.3) is 0 Å². The Bertz CT molecular complexity index is 691. The van der Waals surface area contributed by atoms with Crippen LogP contribution in [0.15, 0.2) is 41.7 Å². The zero-order chi connectivity index (χ0) is 16.7. The third-order valence-corrected chi connectivity index (χ3v) is 3.10. The molecule has 0 saturated carbocycles. The second kappa shape index (κ2) is 8.25. The molecule has 23 heavy (non-hydrogen) atoms. The Kier molecular flexibility index (Phi) is 6.07. The fourth-order valence-electron chi connectivity index (χ4n) is 1.58. The maximum Gasteiger partial charge on any atom is 0.254 e. The van der Waals surface area contributed by atoms with Crippen molar-refractivity contribution in [3.05, 3.63) is 68.2 Å².